The third-order valence-corrected chi connectivity index (χ3v) is 4.36. The van der Waals surface area contributed by atoms with Gasteiger partial charge >= 0.3 is 5.97 Å². The van der Waals surface area contributed by atoms with Crippen LogP contribution in [0.4, 0.5) is 0 Å². The minimum absolute atomic E-state index is 0.0138. The summed E-state index contributed by atoms with van der Waals surface area (Å²) in [6.45, 7) is 0. The Hall–Kier alpha value is -1.06. The molecule has 90 valence electrons. The van der Waals surface area contributed by atoms with E-state index >= 15 is 0 Å². The summed E-state index contributed by atoms with van der Waals surface area (Å²) in [6, 6.07) is 7.96. The first kappa shape index (κ1) is 11.1. The van der Waals surface area contributed by atoms with E-state index in [9.17, 15) is 9.90 Å². The number of benzene rings is 1. The fraction of sp³-hybridized carbons (Fsp3) is 0.462. The Morgan fingerprint density at radius 1 is 1.29 bits per heavy atom. The third-order valence-electron chi connectivity index (χ3n) is 4.02. The number of carboxylic acid groups (broad SMARTS) is 1. The van der Waals surface area contributed by atoms with E-state index < -0.39 is 5.97 Å². The zero-order valence-corrected chi connectivity index (χ0v) is 10.0. The molecule has 0 radical (unpaired) electrons. The quantitative estimate of drug-likeness (QED) is 0.848. The second-order valence-electron chi connectivity index (χ2n) is 4.87. The molecule has 3 rings (SSSR count). The highest BCUT2D eigenvalue weighted by Crippen LogP contribution is 2.46. The predicted molar refractivity (Wildman–Crippen MR) is 65.3 cm³/mol. The molecule has 4 atom stereocenters. The molecular formula is C13H14ClNO2. The molecule has 2 bridgehead atoms. The lowest BCUT2D eigenvalue weighted by atomic mass is 9.75. The average Bonchev–Trinajstić information content (AvgIpc) is 2.89. The van der Waals surface area contributed by atoms with Gasteiger partial charge in [0.25, 0.3) is 0 Å². The first-order valence-corrected chi connectivity index (χ1v) is 6.29. The van der Waals surface area contributed by atoms with E-state index in [0.717, 1.165) is 18.4 Å². The van der Waals surface area contributed by atoms with Crippen molar-refractivity contribution >= 4 is 17.6 Å². The van der Waals surface area contributed by atoms with Gasteiger partial charge in [0.05, 0.1) is 5.92 Å². The fourth-order valence-corrected chi connectivity index (χ4v) is 3.61. The molecular weight excluding hydrogens is 238 g/mol. The van der Waals surface area contributed by atoms with Crippen LogP contribution in [0.15, 0.2) is 24.3 Å². The molecule has 2 aliphatic heterocycles. The van der Waals surface area contributed by atoms with Gasteiger partial charge in [-0.3, -0.25) is 4.79 Å². The Bertz CT molecular complexity index is 462. The largest absolute Gasteiger partial charge is 0.481 e. The monoisotopic (exact) mass is 251 g/mol. The van der Waals surface area contributed by atoms with E-state index in [1.54, 1.807) is 0 Å². The van der Waals surface area contributed by atoms with Crippen molar-refractivity contribution in [1.82, 2.24) is 5.32 Å². The van der Waals surface area contributed by atoms with Gasteiger partial charge in [-0.2, -0.15) is 0 Å². The van der Waals surface area contributed by atoms with Crippen LogP contribution in [0, 0.1) is 5.92 Å². The van der Waals surface area contributed by atoms with Gasteiger partial charge in [-0.15, -0.1) is 0 Å². The van der Waals surface area contributed by atoms with Crippen LogP contribution in [0.2, 0.25) is 5.02 Å². The van der Waals surface area contributed by atoms with Crippen LogP contribution in [0.5, 0.6) is 0 Å². The molecule has 4 heteroatoms. The van der Waals surface area contributed by atoms with Gasteiger partial charge in [0.1, 0.15) is 0 Å². The van der Waals surface area contributed by atoms with Crippen LogP contribution in [0.25, 0.3) is 0 Å². The molecule has 2 fully saturated rings. The Labute approximate surface area is 105 Å². The van der Waals surface area contributed by atoms with E-state index in [1.807, 2.05) is 24.3 Å². The van der Waals surface area contributed by atoms with E-state index in [0.29, 0.717) is 5.02 Å². The molecule has 2 aliphatic rings. The number of carboxylic acids is 1. The minimum Gasteiger partial charge on any atom is -0.481 e. The number of nitrogens with one attached hydrogen (secondary N) is 1. The van der Waals surface area contributed by atoms with E-state index in [2.05, 4.69) is 5.32 Å². The molecule has 2 N–H and O–H groups in total. The summed E-state index contributed by atoms with van der Waals surface area (Å²) in [5, 5.41) is 13.4. The number of hydrogen-bond acceptors (Lipinski definition) is 2. The van der Waals surface area contributed by atoms with Crippen molar-refractivity contribution in [2.45, 2.75) is 30.8 Å². The molecule has 3 nitrogen and oxygen atoms in total. The molecule has 0 amide bonds. The highest BCUT2D eigenvalue weighted by molar-refractivity contribution is 6.31. The van der Waals surface area contributed by atoms with Crippen LogP contribution in [0.3, 0.4) is 0 Å². The third kappa shape index (κ3) is 1.65. The van der Waals surface area contributed by atoms with Crippen molar-refractivity contribution < 1.29 is 9.90 Å². The number of rotatable bonds is 2. The topological polar surface area (TPSA) is 49.3 Å². The summed E-state index contributed by atoms with van der Waals surface area (Å²) in [6.07, 6.45) is 2.01. The Kier molecular flexibility index (Phi) is 2.60. The normalized spacial score (nSPS) is 35.1. The molecule has 2 heterocycles. The van der Waals surface area contributed by atoms with E-state index in [-0.39, 0.29) is 23.9 Å². The van der Waals surface area contributed by atoms with Crippen molar-refractivity contribution in [2.75, 3.05) is 0 Å². The smallest absolute Gasteiger partial charge is 0.308 e. The molecule has 0 aliphatic carbocycles. The molecule has 2 saturated heterocycles. The lowest BCUT2D eigenvalue weighted by Crippen LogP contribution is -2.32. The summed E-state index contributed by atoms with van der Waals surface area (Å²) >= 11 is 6.19. The first-order valence-electron chi connectivity index (χ1n) is 5.92. The van der Waals surface area contributed by atoms with Gasteiger partial charge < -0.3 is 10.4 Å². The molecule has 1 aromatic rings. The standard InChI is InChI=1S/C13H14ClNO2/c14-8-4-2-1-3-7(8)11-9-5-6-10(15-9)12(11)13(16)17/h1-4,9-12,15H,5-6H2,(H,16,17). The highest BCUT2D eigenvalue weighted by Gasteiger charge is 2.51. The molecule has 0 spiro atoms. The van der Waals surface area contributed by atoms with Crippen molar-refractivity contribution in [3.8, 4) is 0 Å². The van der Waals surface area contributed by atoms with E-state index in [1.165, 1.54) is 0 Å². The number of hydrogen-bond donors (Lipinski definition) is 2. The maximum Gasteiger partial charge on any atom is 0.308 e. The van der Waals surface area contributed by atoms with Crippen LogP contribution in [0.1, 0.15) is 24.3 Å². The Morgan fingerprint density at radius 2 is 2.00 bits per heavy atom. The van der Waals surface area contributed by atoms with Gasteiger partial charge in [0, 0.05) is 23.0 Å². The van der Waals surface area contributed by atoms with E-state index in [4.69, 9.17) is 11.6 Å². The minimum atomic E-state index is -0.713. The second-order valence-corrected chi connectivity index (χ2v) is 5.28. The van der Waals surface area contributed by atoms with Crippen molar-refractivity contribution in [2.24, 2.45) is 5.92 Å². The second kappa shape index (κ2) is 4.00. The number of carbonyl (C=O) groups is 1. The highest BCUT2D eigenvalue weighted by atomic mass is 35.5. The SMILES string of the molecule is O=C(O)C1C2CCC(N2)C1c1ccccc1Cl. The summed E-state index contributed by atoms with van der Waals surface area (Å²) in [7, 11) is 0. The Morgan fingerprint density at radius 3 is 2.71 bits per heavy atom. The van der Waals surface area contributed by atoms with Gasteiger partial charge in [-0.05, 0) is 24.5 Å². The fourth-order valence-electron chi connectivity index (χ4n) is 3.35. The molecule has 17 heavy (non-hydrogen) atoms. The molecule has 4 unspecified atom stereocenters. The Balaban J connectivity index is 2.02. The van der Waals surface area contributed by atoms with Crippen molar-refractivity contribution in [3.05, 3.63) is 34.9 Å². The van der Waals surface area contributed by atoms with Gasteiger partial charge in [0.2, 0.25) is 0 Å². The summed E-state index contributed by atoms with van der Waals surface area (Å²) in [5.74, 6) is -1.04. The molecule has 1 aromatic carbocycles. The lowest BCUT2D eigenvalue weighted by Gasteiger charge is -2.27. The number of aliphatic carboxylic acids is 1. The predicted octanol–water partition coefficient (Wildman–Crippen LogP) is 2.26. The van der Waals surface area contributed by atoms with Gasteiger partial charge in [-0.25, -0.2) is 0 Å². The number of halogens is 1. The van der Waals surface area contributed by atoms with Crippen LogP contribution in [-0.2, 0) is 4.79 Å². The summed E-state index contributed by atoms with van der Waals surface area (Å²) in [5.41, 5.74) is 0.973. The lowest BCUT2D eigenvalue weighted by molar-refractivity contribution is -0.142. The first-order chi connectivity index (χ1) is 8.18. The maximum absolute atomic E-state index is 11.4. The van der Waals surface area contributed by atoms with Crippen molar-refractivity contribution in [3.63, 3.8) is 0 Å². The molecule has 0 aromatic heterocycles. The average molecular weight is 252 g/mol. The maximum atomic E-state index is 11.4. The van der Waals surface area contributed by atoms with Gasteiger partial charge in [-0.1, -0.05) is 29.8 Å². The van der Waals surface area contributed by atoms with Crippen LogP contribution >= 0.6 is 11.6 Å². The number of fused-ring (bicyclic) bond motifs is 2. The summed E-state index contributed by atoms with van der Waals surface area (Å²) in [4.78, 5) is 11.4. The van der Waals surface area contributed by atoms with Gasteiger partial charge in [0.15, 0.2) is 0 Å². The zero-order chi connectivity index (χ0) is 12.0. The van der Waals surface area contributed by atoms with Crippen molar-refractivity contribution in [1.29, 1.82) is 0 Å². The summed E-state index contributed by atoms with van der Waals surface area (Å²) < 4.78 is 0. The molecule has 0 saturated carbocycles. The zero-order valence-electron chi connectivity index (χ0n) is 9.27. The van der Waals surface area contributed by atoms with Crippen LogP contribution in [-0.4, -0.2) is 23.2 Å². The van der Waals surface area contributed by atoms with Crippen LogP contribution < -0.4 is 5.32 Å².